The first-order chi connectivity index (χ1) is 1.00. The van der Waals surface area contributed by atoms with Crippen LogP contribution in [0.25, 0.3) is 0 Å². The monoisotopic (exact) mass is 129 g/mol. The normalized spacial score (nSPS) is 1.00. The van der Waals surface area contributed by atoms with Crippen molar-refractivity contribution in [3.8, 4) is 0 Å². The van der Waals surface area contributed by atoms with E-state index in [-0.39, 0.29) is 46.3 Å². The van der Waals surface area contributed by atoms with Crippen LogP contribution in [0.1, 0.15) is 0 Å². The Hall–Kier alpha value is 1.61. The van der Waals surface area contributed by atoms with Gasteiger partial charge < -0.3 is 0 Å². The summed E-state index contributed by atoms with van der Waals surface area (Å²) in [6.45, 7) is 0. The van der Waals surface area contributed by atoms with Gasteiger partial charge >= 0.3 is 0 Å². The average molecular weight is 129 g/mol. The largest absolute Gasteiger partial charge is 0.261 e. The molecular formula is CoNaOP. The van der Waals surface area contributed by atoms with Gasteiger partial charge in [-0.3, -0.25) is 4.57 Å². The Balaban J connectivity index is -0.00000000500. The molecule has 0 aliphatic heterocycles. The second-order valence-corrected chi connectivity index (χ2v) is 0. The van der Waals surface area contributed by atoms with Crippen LogP contribution < -0.4 is 0 Å². The summed E-state index contributed by atoms with van der Waals surface area (Å²) >= 11 is 0. The van der Waals surface area contributed by atoms with Crippen molar-refractivity contribution < 1.29 is 21.3 Å². The third-order valence-corrected chi connectivity index (χ3v) is 0. The molecule has 0 N–H and O–H groups in total. The smallest absolute Gasteiger partial charge is 0.261 e. The van der Waals surface area contributed by atoms with Crippen molar-refractivity contribution in [2.45, 2.75) is 0 Å². The molecule has 0 aromatic carbocycles. The summed E-state index contributed by atoms with van der Waals surface area (Å²) < 4.78 is 7.94. The van der Waals surface area contributed by atoms with E-state index in [4.69, 9.17) is 4.57 Å². The van der Waals surface area contributed by atoms with E-state index < -0.39 is 0 Å². The van der Waals surface area contributed by atoms with Crippen molar-refractivity contribution >= 4 is 38.7 Å². The fourth-order valence-corrected chi connectivity index (χ4v) is 0. The van der Waals surface area contributed by atoms with E-state index in [0.717, 1.165) is 0 Å². The average Bonchev–Trinajstić information content (AvgIpc) is 1.00. The summed E-state index contributed by atoms with van der Waals surface area (Å²) in [6.07, 6.45) is 0. The van der Waals surface area contributed by atoms with Crippen molar-refractivity contribution in [1.82, 2.24) is 0 Å². The second kappa shape index (κ2) is 23.2. The van der Waals surface area contributed by atoms with E-state index >= 15 is 0 Å². The van der Waals surface area contributed by atoms with Crippen LogP contribution in [-0.4, -0.2) is 29.6 Å². The first-order valence-corrected chi connectivity index (χ1v) is 0.548. The molecule has 0 amide bonds. The van der Waals surface area contributed by atoms with E-state index in [9.17, 15) is 0 Å². The zero-order valence-corrected chi connectivity index (χ0v) is 6.12. The molecule has 0 atom stereocenters. The minimum atomic E-state index is 0. The van der Waals surface area contributed by atoms with Gasteiger partial charge in [-0.25, -0.2) is 0 Å². The van der Waals surface area contributed by atoms with Crippen LogP contribution in [0.5, 0.6) is 0 Å². The second-order valence-electron chi connectivity index (χ2n) is 0. The molecule has 4 heavy (non-hydrogen) atoms. The Morgan fingerprint density at radius 2 is 1.25 bits per heavy atom. The predicted octanol–water partition coefficient (Wildman–Crippen LogP) is 0.359. The van der Waals surface area contributed by atoms with Gasteiger partial charge in [0, 0.05) is 46.3 Å². The standard InChI is InChI=1S/Co.Na.OP/c;;1-2. The number of rotatable bonds is 0. The maximum absolute atomic E-state index is 7.94. The Bertz CT molecular complexity index is 8.00. The molecule has 1 nitrogen and oxygen atoms in total. The van der Waals surface area contributed by atoms with Crippen LogP contribution in [0.2, 0.25) is 0 Å². The molecule has 0 aliphatic rings. The van der Waals surface area contributed by atoms with E-state index in [1.54, 1.807) is 0 Å². The van der Waals surface area contributed by atoms with E-state index in [0.29, 0.717) is 0 Å². The van der Waals surface area contributed by atoms with Gasteiger partial charge in [0.05, 0.1) is 0 Å². The Morgan fingerprint density at radius 3 is 1.25 bits per heavy atom. The van der Waals surface area contributed by atoms with Crippen molar-refractivity contribution in [3.63, 3.8) is 0 Å². The molecule has 0 rings (SSSR count). The predicted molar refractivity (Wildman–Crippen MR) is 13.4 cm³/mol. The van der Waals surface area contributed by atoms with E-state index in [1.165, 1.54) is 0 Å². The van der Waals surface area contributed by atoms with Crippen LogP contribution in [0.3, 0.4) is 0 Å². The Morgan fingerprint density at radius 1 is 1.25 bits per heavy atom. The minimum absolute atomic E-state index is 0. The molecule has 0 spiro atoms. The summed E-state index contributed by atoms with van der Waals surface area (Å²) in [7, 11) is 2.28. The zero-order chi connectivity index (χ0) is 2.00. The quantitative estimate of drug-likeness (QED) is 0.340. The summed E-state index contributed by atoms with van der Waals surface area (Å²) in [5.41, 5.74) is 0. The Labute approximate surface area is 59.6 Å². The van der Waals surface area contributed by atoms with Gasteiger partial charge in [-0.2, -0.15) is 0 Å². The van der Waals surface area contributed by atoms with Gasteiger partial charge in [0.2, 0.25) is 0 Å². The molecule has 4 heteroatoms. The summed E-state index contributed by atoms with van der Waals surface area (Å²) in [5, 5.41) is 0. The van der Waals surface area contributed by atoms with Crippen molar-refractivity contribution in [2.24, 2.45) is 0 Å². The summed E-state index contributed by atoms with van der Waals surface area (Å²) in [5.74, 6) is 0. The van der Waals surface area contributed by atoms with Gasteiger partial charge in [0.1, 0.15) is 0 Å². The third-order valence-electron chi connectivity index (χ3n) is 0. The Kier molecular flexibility index (Phi) is 102. The van der Waals surface area contributed by atoms with Crippen LogP contribution in [0, 0.1) is 0 Å². The molecule has 0 fully saturated rings. The van der Waals surface area contributed by atoms with E-state index in [2.05, 4.69) is 9.12 Å². The van der Waals surface area contributed by atoms with Crippen molar-refractivity contribution in [3.05, 3.63) is 0 Å². The number of hydrogen-bond donors (Lipinski definition) is 0. The fourth-order valence-electron chi connectivity index (χ4n) is 0. The molecule has 3 radical (unpaired) electrons. The van der Waals surface area contributed by atoms with Crippen molar-refractivity contribution in [1.29, 1.82) is 0 Å². The maximum atomic E-state index is 7.94. The topological polar surface area (TPSA) is 17.1 Å². The molecule has 21 valence electrons. The van der Waals surface area contributed by atoms with Gasteiger partial charge in [0.15, 0.2) is 0 Å². The van der Waals surface area contributed by atoms with Gasteiger partial charge in [-0.15, -0.1) is 0 Å². The summed E-state index contributed by atoms with van der Waals surface area (Å²) in [6, 6.07) is 0. The van der Waals surface area contributed by atoms with Gasteiger partial charge in [0.25, 0.3) is 9.12 Å². The van der Waals surface area contributed by atoms with Crippen LogP contribution in [0.15, 0.2) is 0 Å². The summed E-state index contributed by atoms with van der Waals surface area (Å²) in [4.78, 5) is 0. The van der Waals surface area contributed by atoms with Crippen LogP contribution in [-0.2, 0) is 21.3 Å². The third kappa shape index (κ3) is 9.49. The van der Waals surface area contributed by atoms with Crippen molar-refractivity contribution in [2.75, 3.05) is 0 Å². The van der Waals surface area contributed by atoms with Gasteiger partial charge in [-0.05, 0) is 0 Å². The van der Waals surface area contributed by atoms with E-state index in [1.807, 2.05) is 0 Å². The van der Waals surface area contributed by atoms with Crippen LogP contribution in [0.4, 0.5) is 0 Å². The molecule has 0 unspecified atom stereocenters. The molecule has 0 saturated carbocycles. The molecular weight excluding hydrogens is 129 g/mol. The molecule has 0 aromatic rings. The van der Waals surface area contributed by atoms with Crippen LogP contribution >= 0.6 is 9.12 Å². The molecule has 0 heterocycles. The fraction of sp³-hybridized carbons (Fsp3) is 0. The van der Waals surface area contributed by atoms with Gasteiger partial charge in [-0.1, -0.05) is 0 Å². The SMILES string of the molecule is O=[P].[Co].[Na]. The molecule has 0 bridgehead atoms. The molecule has 0 aliphatic carbocycles. The zero-order valence-electron chi connectivity index (χ0n) is 2.19. The molecule has 0 saturated heterocycles. The molecule has 0 aromatic heterocycles. The number of hydrogen-bond acceptors (Lipinski definition) is 1. The first kappa shape index (κ1) is 17.5. The minimum Gasteiger partial charge on any atom is -0.261 e. The first-order valence-electron chi connectivity index (χ1n) is 0.183. The maximum Gasteiger partial charge on any atom is 0.261 e.